The zero-order valence-corrected chi connectivity index (χ0v) is 20.2. The highest BCUT2D eigenvalue weighted by atomic mass is 32.2. The van der Waals surface area contributed by atoms with Gasteiger partial charge in [0.15, 0.2) is 4.90 Å². The Morgan fingerprint density at radius 1 is 0.818 bits per heavy atom. The molecule has 0 aliphatic rings. The predicted molar refractivity (Wildman–Crippen MR) is 117 cm³/mol. The number of likely N-dealkylation sites (N-methyl/N-ethyl adjacent to an activating group) is 1. The maximum atomic E-state index is 12.6. The fourth-order valence-corrected chi connectivity index (χ4v) is 3.99. The standard InChI is InChI=1S/C18H30N2O11S2/c1-19(33(25,26)18-6-4-3-5-17(18)20(21)22)7-8-27-9-10-28-11-12-29-13-14-30-15-16-31-32(2,23)24/h3-6H,7-16H2,1-2H3. The molecule has 1 rings (SSSR count). The Hall–Kier alpha value is -1.72. The predicted octanol–water partition coefficient (Wildman–Crippen LogP) is 0.258. The molecule has 13 nitrogen and oxygen atoms in total. The van der Waals surface area contributed by atoms with E-state index in [1.54, 1.807) is 0 Å². The topological polar surface area (TPSA) is 161 Å². The maximum absolute atomic E-state index is 12.6. The van der Waals surface area contributed by atoms with E-state index in [0.717, 1.165) is 16.6 Å². The number of rotatable bonds is 19. The average Bonchev–Trinajstić information content (AvgIpc) is 2.75. The smallest absolute Gasteiger partial charge is 0.289 e. The molecule has 0 amide bonds. The SMILES string of the molecule is CN(CCOCCOCCOCCOCCOS(C)(=O)=O)S(=O)(=O)c1ccccc1[N+](=O)[O-]. The third-order valence-corrected chi connectivity index (χ3v) is 6.44. The summed E-state index contributed by atoms with van der Waals surface area (Å²) in [7, 11) is -6.15. The number of hydrogen-bond donors (Lipinski definition) is 0. The van der Waals surface area contributed by atoms with Gasteiger partial charge in [-0.3, -0.25) is 14.3 Å². The molecule has 0 heterocycles. The number of benzene rings is 1. The first-order valence-corrected chi connectivity index (χ1v) is 13.2. The summed E-state index contributed by atoms with van der Waals surface area (Å²) in [6.07, 6.45) is 0.964. The Morgan fingerprint density at radius 3 is 1.76 bits per heavy atom. The van der Waals surface area contributed by atoms with Crippen LogP contribution < -0.4 is 0 Å². The van der Waals surface area contributed by atoms with Gasteiger partial charge in [-0.05, 0) is 6.07 Å². The van der Waals surface area contributed by atoms with Crippen LogP contribution in [0.15, 0.2) is 29.2 Å². The summed E-state index contributed by atoms with van der Waals surface area (Å²) in [5.74, 6) is 0. The largest absolute Gasteiger partial charge is 0.378 e. The van der Waals surface area contributed by atoms with Gasteiger partial charge >= 0.3 is 0 Å². The third kappa shape index (κ3) is 12.4. The van der Waals surface area contributed by atoms with Gasteiger partial charge in [0.25, 0.3) is 15.8 Å². The highest BCUT2D eigenvalue weighted by molar-refractivity contribution is 7.89. The van der Waals surface area contributed by atoms with Crippen LogP contribution in [0.1, 0.15) is 0 Å². The number of para-hydroxylation sites is 1. The summed E-state index contributed by atoms with van der Waals surface area (Å²) in [6, 6.07) is 5.16. The summed E-state index contributed by atoms with van der Waals surface area (Å²) in [6.45, 7) is 2.00. The molecule has 0 radical (unpaired) electrons. The molecule has 1 aromatic carbocycles. The summed E-state index contributed by atoms with van der Waals surface area (Å²) in [5, 5.41) is 11.1. The molecule has 0 spiro atoms. The zero-order chi connectivity index (χ0) is 24.7. The van der Waals surface area contributed by atoms with Gasteiger partial charge in [0.05, 0.1) is 70.6 Å². The normalized spacial score (nSPS) is 12.3. The van der Waals surface area contributed by atoms with Crippen LogP contribution in [0.3, 0.4) is 0 Å². The van der Waals surface area contributed by atoms with E-state index in [2.05, 4.69) is 4.18 Å². The van der Waals surface area contributed by atoms with E-state index in [4.69, 9.17) is 18.9 Å². The minimum absolute atomic E-state index is 0.0206. The van der Waals surface area contributed by atoms with Crippen molar-refractivity contribution < 1.29 is 44.9 Å². The van der Waals surface area contributed by atoms with Crippen molar-refractivity contribution in [2.45, 2.75) is 4.90 Å². The van der Waals surface area contributed by atoms with Gasteiger partial charge in [-0.25, -0.2) is 8.42 Å². The van der Waals surface area contributed by atoms with Crippen molar-refractivity contribution in [3.8, 4) is 0 Å². The number of nitrogens with zero attached hydrogens (tertiary/aromatic N) is 2. The summed E-state index contributed by atoms with van der Waals surface area (Å²) in [4.78, 5) is 9.96. The first-order chi connectivity index (χ1) is 15.6. The molecule has 0 aliphatic carbocycles. The van der Waals surface area contributed by atoms with Gasteiger partial charge in [0, 0.05) is 19.7 Å². The van der Waals surface area contributed by atoms with Gasteiger partial charge in [-0.15, -0.1) is 0 Å². The van der Waals surface area contributed by atoms with Crippen molar-refractivity contribution in [1.82, 2.24) is 4.31 Å². The number of hydrogen-bond acceptors (Lipinski definition) is 11. The second-order valence-electron chi connectivity index (χ2n) is 6.53. The van der Waals surface area contributed by atoms with Crippen molar-refractivity contribution in [2.75, 3.05) is 79.3 Å². The van der Waals surface area contributed by atoms with E-state index in [9.17, 15) is 26.9 Å². The lowest BCUT2D eigenvalue weighted by molar-refractivity contribution is -0.387. The highest BCUT2D eigenvalue weighted by Gasteiger charge is 2.28. The van der Waals surface area contributed by atoms with E-state index in [-0.39, 0.29) is 44.5 Å². The Morgan fingerprint density at radius 2 is 1.27 bits per heavy atom. The Bertz CT molecular complexity index is 923. The molecule has 0 saturated heterocycles. The van der Waals surface area contributed by atoms with Crippen molar-refractivity contribution >= 4 is 25.8 Å². The van der Waals surface area contributed by atoms with Crippen molar-refractivity contribution in [3.05, 3.63) is 34.4 Å². The second kappa shape index (κ2) is 15.2. The monoisotopic (exact) mass is 514 g/mol. The molecular weight excluding hydrogens is 484 g/mol. The van der Waals surface area contributed by atoms with Crippen LogP contribution in [0.2, 0.25) is 0 Å². The molecule has 33 heavy (non-hydrogen) atoms. The Balaban J connectivity index is 2.07. The number of sulfonamides is 1. The van der Waals surface area contributed by atoms with Crippen molar-refractivity contribution in [2.24, 2.45) is 0 Å². The number of nitro benzene ring substituents is 1. The quantitative estimate of drug-likeness (QED) is 0.108. The Kier molecular flexibility index (Phi) is 13.5. The molecule has 0 bridgehead atoms. The minimum atomic E-state index is -4.02. The summed E-state index contributed by atoms with van der Waals surface area (Å²) < 4.78 is 73.1. The second-order valence-corrected chi connectivity index (χ2v) is 10.2. The van der Waals surface area contributed by atoms with Crippen LogP contribution in [0, 0.1) is 10.1 Å². The van der Waals surface area contributed by atoms with E-state index in [1.807, 2.05) is 0 Å². The molecule has 1 aromatic rings. The van der Waals surface area contributed by atoms with Crippen LogP contribution in [-0.4, -0.2) is 105 Å². The minimum Gasteiger partial charge on any atom is -0.378 e. The highest BCUT2D eigenvalue weighted by Crippen LogP contribution is 2.25. The molecule has 0 atom stereocenters. The van der Waals surface area contributed by atoms with Gasteiger partial charge in [-0.1, -0.05) is 12.1 Å². The molecule has 0 aromatic heterocycles. The number of nitro groups is 1. The lowest BCUT2D eigenvalue weighted by Gasteiger charge is -2.17. The molecule has 0 N–H and O–H groups in total. The lowest BCUT2D eigenvalue weighted by atomic mass is 10.3. The average molecular weight is 515 g/mol. The molecule has 190 valence electrons. The summed E-state index contributed by atoms with van der Waals surface area (Å²) in [5.41, 5.74) is -0.478. The maximum Gasteiger partial charge on any atom is 0.289 e. The Labute approximate surface area is 193 Å². The molecule has 0 fully saturated rings. The van der Waals surface area contributed by atoms with Gasteiger partial charge < -0.3 is 18.9 Å². The number of ether oxygens (including phenoxy) is 4. The molecular formula is C18H30N2O11S2. The fraction of sp³-hybridized carbons (Fsp3) is 0.667. The van der Waals surface area contributed by atoms with Crippen LogP contribution in [0.25, 0.3) is 0 Å². The third-order valence-electron chi connectivity index (χ3n) is 3.94. The van der Waals surface area contributed by atoms with Crippen molar-refractivity contribution in [1.29, 1.82) is 0 Å². The van der Waals surface area contributed by atoms with E-state index < -0.39 is 30.8 Å². The molecule has 0 unspecified atom stereocenters. The van der Waals surface area contributed by atoms with Gasteiger partial charge in [-0.2, -0.15) is 12.7 Å². The van der Waals surface area contributed by atoms with Crippen molar-refractivity contribution in [3.63, 3.8) is 0 Å². The zero-order valence-electron chi connectivity index (χ0n) is 18.6. The lowest BCUT2D eigenvalue weighted by Crippen LogP contribution is -2.31. The molecule has 0 saturated carbocycles. The van der Waals surface area contributed by atoms with E-state index in [0.29, 0.717) is 26.4 Å². The van der Waals surface area contributed by atoms with Crippen LogP contribution in [0.5, 0.6) is 0 Å². The summed E-state index contributed by atoms with van der Waals surface area (Å²) >= 11 is 0. The fourth-order valence-electron chi connectivity index (χ4n) is 2.31. The van der Waals surface area contributed by atoms with Crippen LogP contribution in [0.4, 0.5) is 5.69 Å². The van der Waals surface area contributed by atoms with E-state index in [1.165, 1.54) is 25.2 Å². The first kappa shape index (κ1) is 29.3. The first-order valence-electron chi connectivity index (χ1n) is 9.91. The molecule has 0 aliphatic heterocycles. The van der Waals surface area contributed by atoms with Gasteiger partial charge in [0.1, 0.15) is 0 Å². The van der Waals surface area contributed by atoms with E-state index >= 15 is 0 Å². The van der Waals surface area contributed by atoms with Crippen LogP contribution in [-0.2, 0) is 43.3 Å². The molecule has 15 heteroatoms. The van der Waals surface area contributed by atoms with Gasteiger partial charge in [0.2, 0.25) is 10.0 Å². The van der Waals surface area contributed by atoms with Crippen LogP contribution >= 0.6 is 0 Å².